The van der Waals surface area contributed by atoms with E-state index in [1.807, 2.05) is 6.92 Å². The molecule has 2 rings (SSSR count). The third-order valence-corrected chi connectivity index (χ3v) is 4.14. The SMILES string of the molecule is CCc1nsc(SCC(=O)c2ccccc2F)n1. The van der Waals surface area contributed by atoms with Gasteiger partial charge in [-0.1, -0.05) is 30.8 Å². The molecular weight excluding hydrogens is 271 g/mol. The molecule has 0 N–H and O–H groups in total. The molecule has 0 unspecified atom stereocenters. The summed E-state index contributed by atoms with van der Waals surface area (Å²) in [4.78, 5) is 16.1. The second-order valence-corrected chi connectivity index (χ2v) is 5.50. The smallest absolute Gasteiger partial charge is 0.176 e. The van der Waals surface area contributed by atoms with Gasteiger partial charge >= 0.3 is 0 Å². The van der Waals surface area contributed by atoms with Crippen LogP contribution in [0.1, 0.15) is 23.1 Å². The molecule has 1 heterocycles. The Balaban J connectivity index is 1.98. The van der Waals surface area contributed by atoms with Gasteiger partial charge in [0.05, 0.1) is 11.3 Å². The van der Waals surface area contributed by atoms with E-state index in [0.29, 0.717) is 0 Å². The van der Waals surface area contributed by atoms with Gasteiger partial charge in [0.25, 0.3) is 0 Å². The van der Waals surface area contributed by atoms with Crippen LogP contribution in [0.5, 0.6) is 0 Å². The van der Waals surface area contributed by atoms with E-state index in [1.54, 1.807) is 12.1 Å². The van der Waals surface area contributed by atoms with Crippen LogP contribution < -0.4 is 0 Å². The third-order valence-electron chi connectivity index (χ3n) is 2.27. The van der Waals surface area contributed by atoms with Gasteiger partial charge in [0, 0.05) is 6.42 Å². The summed E-state index contributed by atoms with van der Waals surface area (Å²) < 4.78 is 18.2. The minimum atomic E-state index is -0.477. The fourth-order valence-electron chi connectivity index (χ4n) is 1.33. The van der Waals surface area contributed by atoms with E-state index >= 15 is 0 Å². The number of hydrogen-bond acceptors (Lipinski definition) is 5. The van der Waals surface area contributed by atoms with Crippen molar-refractivity contribution in [1.82, 2.24) is 9.36 Å². The van der Waals surface area contributed by atoms with Crippen molar-refractivity contribution in [2.24, 2.45) is 0 Å². The lowest BCUT2D eigenvalue weighted by molar-refractivity contribution is 0.101. The van der Waals surface area contributed by atoms with E-state index in [2.05, 4.69) is 9.36 Å². The molecule has 94 valence electrons. The van der Waals surface area contributed by atoms with Gasteiger partial charge in [-0.2, -0.15) is 4.37 Å². The van der Waals surface area contributed by atoms with Gasteiger partial charge in [0.2, 0.25) is 0 Å². The number of aromatic nitrogens is 2. The zero-order valence-corrected chi connectivity index (χ0v) is 11.4. The summed E-state index contributed by atoms with van der Waals surface area (Å²) >= 11 is 2.57. The van der Waals surface area contributed by atoms with Crippen molar-refractivity contribution in [1.29, 1.82) is 0 Å². The number of aryl methyl sites for hydroxylation is 1. The Morgan fingerprint density at radius 2 is 2.22 bits per heavy atom. The first kappa shape index (κ1) is 13.2. The van der Waals surface area contributed by atoms with E-state index in [9.17, 15) is 9.18 Å². The van der Waals surface area contributed by atoms with Crippen LogP contribution in [-0.4, -0.2) is 20.9 Å². The van der Waals surface area contributed by atoms with Crippen LogP contribution in [-0.2, 0) is 6.42 Å². The van der Waals surface area contributed by atoms with Crippen LogP contribution in [0.3, 0.4) is 0 Å². The summed E-state index contributed by atoms with van der Waals surface area (Å²) in [5.41, 5.74) is 0.130. The van der Waals surface area contributed by atoms with Gasteiger partial charge in [-0.25, -0.2) is 9.37 Å². The first-order valence-corrected chi connectivity index (χ1v) is 7.19. The lowest BCUT2D eigenvalue weighted by Gasteiger charge is -2.00. The van der Waals surface area contributed by atoms with Crippen molar-refractivity contribution in [2.45, 2.75) is 17.7 Å². The molecule has 0 saturated carbocycles. The first-order valence-electron chi connectivity index (χ1n) is 5.43. The molecule has 0 amide bonds. The highest BCUT2D eigenvalue weighted by Gasteiger charge is 2.12. The number of halogens is 1. The van der Waals surface area contributed by atoms with E-state index in [4.69, 9.17) is 0 Å². The van der Waals surface area contributed by atoms with Crippen molar-refractivity contribution < 1.29 is 9.18 Å². The van der Waals surface area contributed by atoms with E-state index in [-0.39, 0.29) is 17.1 Å². The van der Waals surface area contributed by atoms with Crippen LogP contribution in [0, 0.1) is 5.82 Å². The maximum atomic E-state index is 13.4. The number of thioether (sulfide) groups is 1. The molecule has 3 nitrogen and oxygen atoms in total. The molecule has 0 aliphatic heterocycles. The second-order valence-electron chi connectivity index (χ2n) is 3.52. The largest absolute Gasteiger partial charge is 0.293 e. The predicted octanol–water partition coefficient (Wildman–Crippen LogP) is 3.21. The molecule has 0 spiro atoms. The normalized spacial score (nSPS) is 10.6. The maximum absolute atomic E-state index is 13.4. The van der Waals surface area contributed by atoms with Crippen LogP contribution >= 0.6 is 23.3 Å². The summed E-state index contributed by atoms with van der Waals surface area (Å²) in [6.07, 6.45) is 0.776. The number of Topliss-reactive ketones (excluding diaryl/α,β-unsaturated/α-hetero) is 1. The van der Waals surface area contributed by atoms with Crippen LogP contribution in [0.25, 0.3) is 0 Å². The summed E-state index contributed by atoms with van der Waals surface area (Å²) in [6, 6.07) is 6.01. The molecule has 1 aromatic heterocycles. The minimum absolute atomic E-state index is 0.130. The first-order chi connectivity index (χ1) is 8.70. The Hall–Kier alpha value is -1.27. The maximum Gasteiger partial charge on any atom is 0.176 e. The van der Waals surface area contributed by atoms with Gasteiger partial charge < -0.3 is 0 Å². The van der Waals surface area contributed by atoms with Gasteiger partial charge in [0.15, 0.2) is 10.1 Å². The van der Waals surface area contributed by atoms with Gasteiger partial charge in [0.1, 0.15) is 11.6 Å². The summed E-state index contributed by atoms with van der Waals surface area (Å²) in [6.45, 7) is 1.97. The van der Waals surface area contributed by atoms with Gasteiger partial charge in [-0.15, -0.1) is 0 Å². The zero-order valence-electron chi connectivity index (χ0n) is 9.72. The molecule has 0 saturated heterocycles. The standard InChI is InChI=1S/C12H11FN2OS2/c1-2-11-14-12(18-15-11)17-7-10(16)8-5-3-4-6-9(8)13/h3-6H,2,7H2,1H3. The highest BCUT2D eigenvalue weighted by Crippen LogP contribution is 2.22. The summed E-state index contributed by atoms with van der Waals surface area (Å²) in [7, 11) is 0. The molecule has 0 aliphatic rings. The number of benzene rings is 1. The van der Waals surface area contributed by atoms with Crippen molar-refractivity contribution in [3.05, 3.63) is 41.5 Å². The van der Waals surface area contributed by atoms with Crippen molar-refractivity contribution >= 4 is 29.1 Å². The number of ketones is 1. The van der Waals surface area contributed by atoms with Gasteiger partial charge in [-0.05, 0) is 23.7 Å². The summed E-state index contributed by atoms with van der Waals surface area (Å²) in [5, 5.41) is 0. The quantitative estimate of drug-likeness (QED) is 0.624. The highest BCUT2D eigenvalue weighted by atomic mass is 32.2. The number of carbonyl (C=O) groups is 1. The molecule has 18 heavy (non-hydrogen) atoms. The second kappa shape index (κ2) is 6.06. The fraction of sp³-hybridized carbons (Fsp3) is 0.250. The third kappa shape index (κ3) is 3.14. The average molecular weight is 282 g/mol. The highest BCUT2D eigenvalue weighted by molar-refractivity contribution is 8.01. The molecule has 0 fully saturated rings. The Bertz CT molecular complexity index is 557. The Kier molecular flexibility index (Phi) is 4.43. The molecule has 0 atom stereocenters. The Morgan fingerprint density at radius 3 is 2.89 bits per heavy atom. The monoisotopic (exact) mass is 282 g/mol. The van der Waals surface area contributed by atoms with Crippen LogP contribution in [0.2, 0.25) is 0 Å². The minimum Gasteiger partial charge on any atom is -0.293 e. The number of rotatable bonds is 5. The van der Waals surface area contributed by atoms with Crippen molar-refractivity contribution in [3.63, 3.8) is 0 Å². The van der Waals surface area contributed by atoms with Crippen molar-refractivity contribution in [3.8, 4) is 0 Å². The number of carbonyl (C=O) groups excluding carboxylic acids is 1. The molecule has 0 radical (unpaired) electrons. The van der Waals surface area contributed by atoms with E-state index < -0.39 is 5.82 Å². The lowest BCUT2D eigenvalue weighted by atomic mass is 10.1. The average Bonchev–Trinajstić information content (AvgIpc) is 2.84. The number of hydrogen-bond donors (Lipinski definition) is 0. The predicted molar refractivity (Wildman–Crippen MR) is 70.7 cm³/mol. The molecular formula is C12H11FN2OS2. The Labute approximate surface area is 113 Å². The zero-order chi connectivity index (χ0) is 13.0. The van der Waals surface area contributed by atoms with Crippen LogP contribution in [0.4, 0.5) is 4.39 Å². The molecule has 0 bridgehead atoms. The Morgan fingerprint density at radius 1 is 1.44 bits per heavy atom. The summed E-state index contributed by atoms with van der Waals surface area (Å²) in [5.74, 6) is 0.251. The fourth-order valence-corrected chi connectivity index (χ4v) is 2.91. The molecule has 6 heteroatoms. The van der Waals surface area contributed by atoms with Crippen molar-refractivity contribution in [2.75, 3.05) is 5.75 Å². The van der Waals surface area contributed by atoms with Gasteiger partial charge in [-0.3, -0.25) is 4.79 Å². The van der Waals surface area contributed by atoms with E-state index in [0.717, 1.165) is 16.6 Å². The topological polar surface area (TPSA) is 42.9 Å². The lowest BCUT2D eigenvalue weighted by Crippen LogP contribution is -2.04. The van der Waals surface area contributed by atoms with Crippen LogP contribution in [0.15, 0.2) is 28.6 Å². The molecule has 0 aliphatic carbocycles. The molecule has 1 aromatic carbocycles. The molecule has 2 aromatic rings. The number of nitrogens with zero attached hydrogens (tertiary/aromatic N) is 2. The van der Waals surface area contributed by atoms with E-state index in [1.165, 1.54) is 35.4 Å².